The first-order valence-electron chi connectivity index (χ1n) is 5.79. The van der Waals surface area contributed by atoms with Crippen LogP contribution >= 0.6 is 12.2 Å². The minimum Gasteiger partial charge on any atom is -0.396 e. The zero-order valence-electron chi connectivity index (χ0n) is 9.69. The largest absolute Gasteiger partial charge is 0.396 e. The molecule has 5 heteroatoms. The van der Waals surface area contributed by atoms with Crippen molar-refractivity contribution in [3.05, 3.63) is 0 Å². The van der Waals surface area contributed by atoms with Gasteiger partial charge in [0, 0.05) is 19.7 Å². The fourth-order valence-electron chi connectivity index (χ4n) is 2.17. The van der Waals surface area contributed by atoms with Gasteiger partial charge in [0.1, 0.15) is 0 Å². The van der Waals surface area contributed by atoms with Crippen LogP contribution in [0.25, 0.3) is 0 Å². The zero-order chi connectivity index (χ0) is 12.1. The van der Waals surface area contributed by atoms with Gasteiger partial charge < -0.3 is 15.7 Å². The van der Waals surface area contributed by atoms with Crippen LogP contribution < -0.4 is 5.73 Å². The SMILES string of the molecule is CCC(C(=O)N1CCC(CCO)C1)C(N)=S. The van der Waals surface area contributed by atoms with Crippen LogP contribution in [0.2, 0.25) is 0 Å². The predicted octanol–water partition coefficient (Wildman–Crippen LogP) is 0.530. The van der Waals surface area contributed by atoms with E-state index < -0.39 is 0 Å². The van der Waals surface area contributed by atoms with E-state index in [1.54, 1.807) is 0 Å². The molecule has 1 heterocycles. The Hall–Kier alpha value is -0.680. The van der Waals surface area contributed by atoms with Crippen LogP contribution in [0.3, 0.4) is 0 Å². The molecule has 1 aliphatic heterocycles. The average molecular weight is 244 g/mol. The molecule has 1 aliphatic rings. The van der Waals surface area contributed by atoms with Gasteiger partial charge in [-0.1, -0.05) is 19.1 Å². The molecule has 1 fully saturated rings. The summed E-state index contributed by atoms with van der Waals surface area (Å²) in [5, 5.41) is 8.85. The quantitative estimate of drug-likeness (QED) is 0.692. The number of nitrogens with two attached hydrogens (primary N) is 1. The average Bonchev–Trinajstić information content (AvgIpc) is 2.67. The van der Waals surface area contributed by atoms with Crippen LogP contribution in [-0.2, 0) is 4.79 Å². The molecule has 2 unspecified atom stereocenters. The molecular weight excluding hydrogens is 224 g/mol. The number of thiocarbonyl (C=S) groups is 1. The molecule has 0 saturated carbocycles. The van der Waals surface area contributed by atoms with Crippen molar-refractivity contribution in [2.24, 2.45) is 17.6 Å². The lowest BCUT2D eigenvalue weighted by molar-refractivity contribution is -0.132. The van der Waals surface area contributed by atoms with Crippen molar-refractivity contribution >= 4 is 23.1 Å². The lowest BCUT2D eigenvalue weighted by Gasteiger charge is -2.21. The van der Waals surface area contributed by atoms with Crippen molar-refractivity contribution in [1.82, 2.24) is 4.90 Å². The van der Waals surface area contributed by atoms with Crippen LogP contribution in [0.5, 0.6) is 0 Å². The molecule has 1 amide bonds. The van der Waals surface area contributed by atoms with Crippen LogP contribution in [-0.4, -0.2) is 40.6 Å². The first-order chi connectivity index (χ1) is 7.60. The molecule has 0 bridgehead atoms. The molecule has 0 aromatic carbocycles. The Morgan fingerprint density at radius 1 is 1.69 bits per heavy atom. The Morgan fingerprint density at radius 3 is 2.88 bits per heavy atom. The summed E-state index contributed by atoms with van der Waals surface area (Å²) in [4.78, 5) is 14.2. The highest BCUT2D eigenvalue weighted by molar-refractivity contribution is 7.80. The first kappa shape index (κ1) is 13.4. The highest BCUT2D eigenvalue weighted by atomic mass is 32.1. The fourth-order valence-corrected chi connectivity index (χ4v) is 2.44. The Balaban J connectivity index is 2.52. The minimum absolute atomic E-state index is 0.0513. The summed E-state index contributed by atoms with van der Waals surface area (Å²) in [6.07, 6.45) is 2.41. The fraction of sp³-hybridized carbons (Fsp3) is 0.818. The molecule has 92 valence electrons. The molecule has 1 saturated heterocycles. The standard InChI is InChI=1S/C11H20N2O2S/c1-2-9(10(12)16)11(15)13-5-3-8(7-13)4-6-14/h8-9,14H,2-7H2,1H3,(H2,12,16). The molecule has 16 heavy (non-hydrogen) atoms. The summed E-state index contributed by atoms with van der Waals surface area (Å²) < 4.78 is 0. The maximum atomic E-state index is 12.1. The summed E-state index contributed by atoms with van der Waals surface area (Å²) in [5.74, 6) is 0.163. The van der Waals surface area contributed by atoms with E-state index in [9.17, 15) is 4.79 Å². The summed E-state index contributed by atoms with van der Waals surface area (Å²) in [6, 6.07) is 0. The van der Waals surface area contributed by atoms with Crippen LogP contribution in [0.4, 0.5) is 0 Å². The van der Waals surface area contributed by atoms with Gasteiger partial charge in [-0.15, -0.1) is 0 Å². The van der Waals surface area contributed by atoms with E-state index in [2.05, 4.69) is 0 Å². The molecule has 1 rings (SSSR count). The maximum Gasteiger partial charge on any atom is 0.232 e. The van der Waals surface area contributed by atoms with Gasteiger partial charge in [0.15, 0.2) is 0 Å². The predicted molar refractivity (Wildman–Crippen MR) is 67.0 cm³/mol. The smallest absolute Gasteiger partial charge is 0.232 e. The van der Waals surface area contributed by atoms with Crippen molar-refractivity contribution in [3.63, 3.8) is 0 Å². The third-order valence-corrected chi connectivity index (χ3v) is 3.47. The molecule has 0 aromatic rings. The number of rotatable bonds is 5. The van der Waals surface area contributed by atoms with Gasteiger partial charge in [0.2, 0.25) is 5.91 Å². The van der Waals surface area contributed by atoms with E-state index in [-0.39, 0.29) is 23.4 Å². The molecule has 3 N–H and O–H groups in total. The number of nitrogens with zero attached hydrogens (tertiary/aromatic N) is 1. The first-order valence-corrected chi connectivity index (χ1v) is 6.19. The van der Waals surface area contributed by atoms with Gasteiger partial charge in [0.05, 0.1) is 10.9 Å². The van der Waals surface area contributed by atoms with Crippen molar-refractivity contribution in [1.29, 1.82) is 0 Å². The Kier molecular flexibility index (Phi) is 5.15. The maximum absolute atomic E-state index is 12.1. The van der Waals surface area contributed by atoms with E-state index >= 15 is 0 Å². The summed E-state index contributed by atoms with van der Waals surface area (Å²) >= 11 is 4.90. The van der Waals surface area contributed by atoms with E-state index in [1.165, 1.54) is 0 Å². The van der Waals surface area contributed by atoms with Gasteiger partial charge in [-0.3, -0.25) is 4.79 Å². The molecule has 4 nitrogen and oxygen atoms in total. The number of amides is 1. The normalized spacial score (nSPS) is 22.1. The van der Waals surface area contributed by atoms with Crippen molar-refractivity contribution in [3.8, 4) is 0 Å². The van der Waals surface area contributed by atoms with Gasteiger partial charge >= 0.3 is 0 Å². The summed E-state index contributed by atoms with van der Waals surface area (Å²) in [7, 11) is 0. The second-order valence-electron chi connectivity index (χ2n) is 4.31. The molecule has 0 aliphatic carbocycles. The third-order valence-electron chi connectivity index (χ3n) is 3.18. The van der Waals surface area contributed by atoms with Crippen molar-refractivity contribution < 1.29 is 9.90 Å². The molecule has 0 spiro atoms. The topological polar surface area (TPSA) is 66.6 Å². The van der Waals surface area contributed by atoms with E-state index in [0.29, 0.717) is 12.3 Å². The second kappa shape index (κ2) is 6.15. The van der Waals surface area contributed by atoms with Gasteiger partial charge in [0.25, 0.3) is 0 Å². The molecule has 0 radical (unpaired) electrons. The Bertz CT molecular complexity index is 271. The van der Waals surface area contributed by atoms with Crippen LogP contribution in [0.1, 0.15) is 26.2 Å². The zero-order valence-corrected chi connectivity index (χ0v) is 10.5. The van der Waals surface area contributed by atoms with Crippen molar-refractivity contribution in [2.75, 3.05) is 19.7 Å². The summed E-state index contributed by atoms with van der Waals surface area (Å²) in [5.41, 5.74) is 5.55. The van der Waals surface area contributed by atoms with Gasteiger partial charge in [-0.25, -0.2) is 0 Å². The Labute approximate surface area is 102 Å². The highest BCUT2D eigenvalue weighted by Gasteiger charge is 2.30. The highest BCUT2D eigenvalue weighted by Crippen LogP contribution is 2.21. The number of aliphatic hydroxyl groups excluding tert-OH is 1. The number of likely N-dealkylation sites (tertiary alicyclic amines) is 1. The van der Waals surface area contributed by atoms with Crippen LogP contribution in [0, 0.1) is 11.8 Å². The number of hydrogen-bond acceptors (Lipinski definition) is 3. The molecule has 0 aromatic heterocycles. The second-order valence-corrected chi connectivity index (χ2v) is 4.79. The monoisotopic (exact) mass is 244 g/mol. The lowest BCUT2D eigenvalue weighted by Crippen LogP contribution is -2.39. The van der Waals surface area contributed by atoms with Crippen molar-refractivity contribution in [2.45, 2.75) is 26.2 Å². The number of aliphatic hydroxyl groups is 1. The van der Waals surface area contributed by atoms with E-state index in [1.807, 2.05) is 11.8 Å². The number of carbonyl (C=O) groups excluding carboxylic acids is 1. The molecular formula is C11H20N2O2S. The number of hydrogen-bond donors (Lipinski definition) is 2. The van der Waals surface area contributed by atoms with Gasteiger partial charge in [-0.05, 0) is 25.2 Å². The van der Waals surface area contributed by atoms with Gasteiger partial charge in [-0.2, -0.15) is 0 Å². The Morgan fingerprint density at radius 2 is 2.38 bits per heavy atom. The minimum atomic E-state index is -0.317. The van der Waals surface area contributed by atoms with Crippen LogP contribution in [0.15, 0.2) is 0 Å². The number of carbonyl (C=O) groups is 1. The van der Waals surface area contributed by atoms with E-state index in [4.69, 9.17) is 23.1 Å². The lowest BCUT2D eigenvalue weighted by atomic mass is 10.0. The van der Waals surface area contributed by atoms with E-state index in [0.717, 1.165) is 25.9 Å². The summed E-state index contributed by atoms with van der Waals surface area (Å²) in [6.45, 7) is 3.61. The molecule has 2 atom stereocenters. The third kappa shape index (κ3) is 3.15.